The fourth-order valence-electron chi connectivity index (χ4n) is 3.92. The van der Waals surface area contributed by atoms with Gasteiger partial charge in [0.2, 0.25) is 5.91 Å². The zero-order valence-corrected chi connectivity index (χ0v) is 14.2. The number of carbonyl (C=O) groups excluding carboxylic acids is 1. The molecule has 2 aromatic rings. The molecule has 24 heavy (non-hydrogen) atoms. The molecular formula is C18H22ClN3O2. The minimum atomic E-state index is 0. The number of nitrogens with one attached hydrogen (secondary N) is 2. The van der Waals surface area contributed by atoms with Crippen LogP contribution in [0.1, 0.15) is 32.1 Å². The van der Waals surface area contributed by atoms with Crippen LogP contribution in [-0.2, 0) is 4.79 Å². The summed E-state index contributed by atoms with van der Waals surface area (Å²) < 4.78 is 5.30. The quantitative estimate of drug-likeness (QED) is 0.886. The number of oxazole rings is 1. The molecule has 2 atom stereocenters. The Bertz CT molecular complexity index is 677. The lowest BCUT2D eigenvalue weighted by Gasteiger charge is -2.28. The van der Waals surface area contributed by atoms with E-state index >= 15 is 0 Å². The molecule has 128 valence electrons. The van der Waals surface area contributed by atoms with Crippen molar-refractivity contribution in [2.75, 3.05) is 5.32 Å². The van der Waals surface area contributed by atoms with Crippen LogP contribution in [0.3, 0.4) is 0 Å². The van der Waals surface area contributed by atoms with Gasteiger partial charge in [-0.25, -0.2) is 4.98 Å². The molecule has 2 aliphatic heterocycles. The Kier molecular flexibility index (Phi) is 5.21. The highest BCUT2D eigenvalue weighted by atomic mass is 35.5. The fraction of sp³-hybridized carbons (Fsp3) is 0.444. The van der Waals surface area contributed by atoms with Crippen molar-refractivity contribution in [1.82, 2.24) is 10.3 Å². The SMILES string of the molecule is Cl.O=C(CC1CC2CCC(C1)N2)Nc1cccc(-c2cnco2)c1. The van der Waals surface area contributed by atoms with Crippen molar-refractivity contribution in [2.45, 2.75) is 44.2 Å². The highest BCUT2D eigenvalue weighted by Crippen LogP contribution is 2.33. The smallest absolute Gasteiger partial charge is 0.224 e. The van der Waals surface area contributed by atoms with E-state index in [9.17, 15) is 4.79 Å². The van der Waals surface area contributed by atoms with Gasteiger partial charge < -0.3 is 15.1 Å². The maximum atomic E-state index is 12.3. The van der Waals surface area contributed by atoms with Crippen LogP contribution >= 0.6 is 12.4 Å². The van der Waals surface area contributed by atoms with Crippen LogP contribution in [-0.4, -0.2) is 23.0 Å². The van der Waals surface area contributed by atoms with Crippen LogP contribution in [0.25, 0.3) is 11.3 Å². The largest absolute Gasteiger partial charge is 0.444 e. The molecule has 5 nitrogen and oxygen atoms in total. The van der Waals surface area contributed by atoms with E-state index in [0.29, 0.717) is 30.2 Å². The molecule has 4 rings (SSSR count). The first-order chi connectivity index (χ1) is 11.3. The number of nitrogens with zero attached hydrogens (tertiary/aromatic N) is 1. The van der Waals surface area contributed by atoms with Gasteiger partial charge in [0.15, 0.2) is 12.2 Å². The highest BCUT2D eigenvalue weighted by Gasteiger charge is 2.34. The molecule has 6 heteroatoms. The number of carbonyl (C=O) groups is 1. The standard InChI is InChI=1S/C18H21N3O2.ClH/c22-18(8-12-6-15-4-5-16(7-12)20-15)21-14-3-1-2-13(9-14)17-10-19-11-23-17;/h1-3,9-12,15-16,20H,4-8H2,(H,21,22);1H. The summed E-state index contributed by atoms with van der Waals surface area (Å²) in [5.74, 6) is 1.31. The molecular weight excluding hydrogens is 326 g/mol. The van der Waals surface area contributed by atoms with Crippen LogP contribution in [0.2, 0.25) is 0 Å². The van der Waals surface area contributed by atoms with Gasteiger partial charge >= 0.3 is 0 Å². The molecule has 2 N–H and O–H groups in total. The van der Waals surface area contributed by atoms with Crippen molar-refractivity contribution in [3.8, 4) is 11.3 Å². The van der Waals surface area contributed by atoms with Crippen LogP contribution in [0.15, 0.2) is 41.3 Å². The van der Waals surface area contributed by atoms with E-state index in [0.717, 1.165) is 24.1 Å². The number of hydrogen-bond acceptors (Lipinski definition) is 4. The summed E-state index contributed by atoms with van der Waals surface area (Å²) in [6.45, 7) is 0. The van der Waals surface area contributed by atoms with Crippen LogP contribution < -0.4 is 10.6 Å². The fourth-order valence-corrected chi connectivity index (χ4v) is 3.92. The lowest BCUT2D eigenvalue weighted by atomic mass is 9.89. The first kappa shape index (κ1) is 17.0. The number of benzene rings is 1. The molecule has 1 aromatic heterocycles. The topological polar surface area (TPSA) is 67.2 Å². The van der Waals surface area contributed by atoms with Gasteiger partial charge in [0.1, 0.15) is 0 Å². The van der Waals surface area contributed by atoms with E-state index in [4.69, 9.17) is 4.42 Å². The summed E-state index contributed by atoms with van der Waals surface area (Å²) in [6, 6.07) is 8.94. The number of anilines is 1. The summed E-state index contributed by atoms with van der Waals surface area (Å²) in [5, 5.41) is 6.64. The van der Waals surface area contributed by atoms with Gasteiger partial charge in [-0.15, -0.1) is 12.4 Å². The van der Waals surface area contributed by atoms with E-state index in [1.54, 1.807) is 6.20 Å². The zero-order valence-electron chi connectivity index (χ0n) is 13.4. The lowest BCUT2D eigenvalue weighted by Crippen LogP contribution is -2.39. The molecule has 1 aromatic carbocycles. The molecule has 0 spiro atoms. The van der Waals surface area contributed by atoms with E-state index < -0.39 is 0 Å². The third-order valence-corrected chi connectivity index (χ3v) is 4.91. The molecule has 3 heterocycles. The molecule has 0 radical (unpaired) electrons. The summed E-state index contributed by atoms with van der Waals surface area (Å²) in [7, 11) is 0. The number of rotatable bonds is 4. The Hall–Kier alpha value is -1.85. The van der Waals surface area contributed by atoms with Crippen LogP contribution in [0.5, 0.6) is 0 Å². The molecule has 2 aliphatic rings. The molecule has 1 amide bonds. The second-order valence-electron chi connectivity index (χ2n) is 6.67. The first-order valence-electron chi connectivity index (χ1n) is 8.31. The van der Waals surface area contributed by atoms with Crippen molar-refractivity contribution >= 4 is 24.0 Å². The maximum absolute atomic E-state index is 12.3. The van der Waals surface area contributed by atoms with E-state index in [2.05, 4.69) is 15.6 Å². The summed E-state index contributed by atoms with van der Waals surface area (Å²) in [4.78, 5) is 16.3. The number of amides is 1. The molecule has 2 unspecified atom stereocenters. The van der Waals surface area contributed by atoms with Gasteiger partial charge in [-0.3, -0.25) is 4.79 Å². The summed E-state index contributed by atoms with van der Waals surface area (Å²) in [5.41, 5.74) is 1.72. The van der Waals surface area contributed by atoms with Crippen molar-refractivity contribution in [3.05, 3.63) is 36.9 Å². The predicted molar refractivity (Wildman–Crippen MR) is 95.1 cm³/mol. The Labute approximate surface area is 147 Å². The van der Waals surface area contributed by atoms with E-state index in [1.807, 2.05) is 24.3 Å². The zero-order chi connectivity index (χ0) is 15.6. The van der Waals surface area contributed by atoms with Crippen molar-refractivity contribution < 1.29 is 9.21 Å². The van der Waals surface area contributed by atoms with Crippen molar-refractivity contribution in [1.29, 1.82) is 0 Å². The van der Waals surface area contributed by atoms with Gasteiger partial charge in [0.05, 0.1) is 6.20 Å². The predicted octanol–water partition coefficient (Wildman–Crippen LogP) is 3.62. The van der Waals surface area contributed by atoms with Gasteiger partial charge in [-0.05, 0) is 43.7 Å². The maximum Gasteiger partial charge on any atom is 0.224 e. The van der Waals surface area contributed by atoms with E-state index in [-0.39, 0.29) is 18.3 Å². The second-order valence-corrected chi connectivity index (χ2v) is 6.67. The second kappa shape index (κ2) is 7.36. The van der Waals surface area contributed by atoms with Crippen LogP contribution in [0, 0.1) is 5.92 Å². The summed E-state index contributed by atoms with van der Waals surface area (Å²) >= 11 is 0. The van der Waals surface area contributed by atoms with Gasteiger partial charge in [-0.1, -0.05) is 12.1 Å². The Balaban J connectivity index is 0.00000169. The average molecular weight is 348 g/mol. The molecule has 2 saturated heterocycles. The number of piperidine rings is 1. The molecule has 0 saturated carbocycles. The monoisotopic (exact) mass is 347 g/mol. The molecule has 0 aliphatic carbocycles. The third-order valence-electron chi connectivity index (χ3n) is 4.91. The molecule has 2 fully saturated rings. The number of hydrogen-bond donors (Lipinski definition) is 2. The van der Waals surface area contributed by atoms with Crippen molar-refractivity contribution in [2.24, 2.45) is 5.92 Å². The highest BCUT2D eigenvalue weighted by molar-refractivity contribution is 5.91. The first-order valence-corrected chi connectivity index (χ1v) is 8.31. The number of fused-ring (bicyclic) bond motifs is 2. The Morgan fingerprint density at radius 3 is 2.79 bits per heavy atom. The van der Waals surface area contributed by atoms with Gasteiger partial charge in [0, 0.05) is 29.8 Å². The van der Waals surface area contributed by atoms with Crippen LogP contribution in [0.4, 0.5) is 5.69 Å². The summed E-state index contributed by atoms with van der Waals surface area (Å²) in [6.07, 6.45) is 8.48. The third kappa shape index (κ3) is 3.79. The minimum Gasteiger partial charge on any atom is -0.444 e. The minimum absolute atomic E-state index is 0. The Morgan fingerprint density at radius 1 is 1.29 bits per heavy atom. The van der Waals surface area contributed by atoms with Gasteiger partial charge in [-0.2, -0.15) is 0 Å². The van der Waals surface area contributed by atoms with E-state index in [1.165, 1.54) is 19.2 Å². The number of halogens is 1. The lowest BCUT2D eigenvalue weighted by molar-refractivity contribution is -0.117. The van der Waals surface area contributed by atoms with Crippen molar-refractivity contribution in [3.63, 3.8) is 0 Å². The normalized spacial score (nSPS) is 25.1. The number of aromatic nitrogens is 1. The Morgan fingerprint density at radius 2 is 2.08 bits per heavy atom. The molecule has 2 bridgehead atoms. The van der Waals surface area contributed by atoms with Gasteiger partial charge in [0.25, 0.3) is 0 Å². The average Bonchev–Trinajstić information content (AvgIpc) is 3.17.